The standard InChI is InChI=1S/C11H12Cl2N2/c1-3-5-8(4-2)15-11-6-9(12)10(13)7-14-11/h4-7H,2-3H2,1H3,(H,14,15)/b8-5+. The summed E-state index contributed by atoms with van der Waals surface area (Å²) in [7, 11) is 0. The van der Waals surface area contributed by atoms with Crippen LogP contribution in [0.2, 0.25) is 10.0 Å². The summed E-state index contributed by atoms with van der Waals surface area (Å²) in [4.78, 5) is 4.09. The number of nitrogens with zero attached hydrogens (tertiary/aromatic N) is 1. The minimum Gasteiger partial charge on any atom is -0.340 e. The molecule has 0 fully saturated rings. The number of nitrogens with one attached hydrogen (secondary N) is 1. The Morgan fingerprint density at radius 2 is 2.27 bits per heavy atom. The topological polar surface area (TPSA) is 24.9 Å². The molecule has 0 aliphatic carbocycles. The summed E-state index contributed by atoms with van der Waals surface area (Å²) < 4.78 is 0. The minimum absolute atomic E-state index is 0.446. The summed E-state index contributed by atoms with van der Waals surface area (Å²) in [5, 5.41) is 4.01. The number of allylic oxidation sites excluding steroid dienone is 2. The zero-order valence-corrected chi connectivity index (χ0v) is 9.94. The van der Waals surface area contributed by atoms with Crippen LogP contribution in [0.4, 0.5) is 5.82 Å². The van der Waals surface area contributed by atoms with Crippen LogP contribution >= 0.6 is 23.2 Å². The van der Waals surface area contributed by atoms with E-state index < -0.39 is 0 Å². The SMILES string of the molecule is C=C/C(=C\CC)Nc1cc(Cl)c(Cl)cn1. The molecule has 0 aliphatic heterocycles. The maximum atomic E-state index is 5.86. The Labute approximate surface area is 99.6 Å². The smallest absolute Gasteiger partial charge is 0.131 e. The van der Waals surface area contributed by atoms with Gasteiger partial charge in [-0.15, -0.1) is 0 Å². The lowest BCUT2D eigenvalue weighted by Crippen LogP contribution is -1.98. The second-order valence-electron chi connectivity index (χ2n) is 2.88. The summed E-state index contributed by atoms with van der Waals surface area (Å²) >= 11 is 11.6. The number of aromatic nitrogens is 1. The molecule has 1 aromatic heterocycles. The molecule has 2 nitrogen and oxygen atoms in total. The lowest BCUT2D eigenvalue weighted by molar-refractivity contribution is 1.19. The molecular weight excluding hydrogens is 231 g/mol. The summed E-state index contributed by atoms with van der Waals surface area (Å²) in [6.45, 7) is 5.75. The molecule has 1 heterocycles. The van der Waals surface area contributed by atoms with E-state index in [2.05, 4.69) is 16.9 Å². The zero-order chi connectivity index (χ0) is 11.3. The molecular formula is C11H12Cl2N2. The quantitative estimate of drug-likeness (QED) is 0.798. The van der Waals surface area contributed by atoms with Gasteiger partial charge in [0.05, 0.1) is 10.0 Å². The fraction of sp³-hybridized carbons (Fsp3) is 0.182. The highest BCUT2D eigenvalue weighted by atomic mass is 35.5. The Morgan fingerprint density at radius 1 is 1.53 bits per heavy atom. The van der Waals surface area contributed by atoms with E-state index in [0.717, 1.165) is 12.1 Å². The molecule has 0 bridgehead atoms. The van der Waals surface area contributed by atoms with Crippen LogP contribution in [0.1, 0.15) is 13.3 Å². The largest absolute Gasteiger partial charge is 0.340 e. The van der Waals surface area contributed by atoms with Crippen LogP contribution in [-0.4, -0.2) is 4.98 Å². The fourth-order valence-corrected chi connectivity index (χ4v) is 1.29. The summed E-state index contributed by atoms with van der Waals surface area (Å²) in [5.41, 5.74) is 0.906. The first-order chi connectivity index (χ1) is 7.17. The maximum absolute atomic E-state index is 5.86. The van der Waals surface area contributed by atoms with Crippen LogP contribution < -0.4 is 5.32 Å². The number of hydrogen-bond acceptors (Lipinski definition) is 2. The molecule has 0 radical (unpaired) electrons. The Kier molecular flexibility index (Phi) is 4.66. The Bertz CT molecular complexity index is 386. The molecule has 0 atom stereocenters. The van der Waals surface area contributed by atoms with E-state index in [4.69, 9.17) is 23.2 Å². The van der Waals surface area contributed by atoms with Gasteiger partial charge in [0.2, 0.25) is 0 Å². The molecule has 1 aromatic rings. The average Bonchev–Trinajstić information content (AvgIpc) is 2.23. The van der Waals surface area contributed by atoms with Crippen LogP contribution in [0.3, 0.4) is 0 Å². The molecule has 0 aliphatic rings. The van der Waals surface area contributed by atoms with E-state index in [1.165, 1.54) is 6.20 Å². The van der Waals surface area contributed by atoms with Gasteiger partial charge in [-0.3, -0.25) is 0 Å². The van der Waals surface area contributed by atoms with E-state index in [-0.39, 0.29) is 0 Å². The molecule has 0 unspecified atom stereocenters. The van der Waals surface area contributed by atoms with Crippen LogP contribution in [0, 0.1) is 0 Å². The molecule has 0 saturated heterocycles. The van der Waals surface area contributed by atoms with Crippen molar-refractivity contribution >= 4 is 29.0 Å². The van der Waals surface area contributed by atoms with E-state index >= 15 is 0 Å². The fourth-order valence-electron chi connectivity index (χ4n) is 1.04. The summed E-state index contributed by atoms with van der Waals surface area (Å²) in [6.07, 6.45) is 6.18. The van der Waals surface area contributed by atoms with Crippen LogP contribution in [-0.2, 0) is 0 Å². The Hall–Kier alpha value is -0.990. The maximum Gasteiger partial charge on any atom is 0.131 e. The Balaban J connectivity index is 2.84. The molecule has 0 aromatic carbocycles. The highest BCUT2D eigenvalue weighted by Gasteiger charge is 2.00. The third kappa shape index (κ3) is 3.57. The van der Waals surface area contributed by atoms with Crippen molar-refractivity contribution in [3.8, 4) is 0 Å². The zero-order valence-electron chi connectivity index (χ0n) is 8.43. The van der Waals surface area contributed by atoms with Gasteiger partial charge in [-0.25, -0.2) is 4.98 Å². The first kappa shape index (κ1) is 12.1. The molecule has 0 amide bonds. The number of hydrogen-bond donors (Lipinski definition) is 1. The van der Waals surface area contributed by atoms with Crippen molar-refractivity contribution in [1.82, 2.24) is 4.98 Å². The molecule has 80 valence electrons. The van der Waals surface area contributed by atoms with Crippen molar-refractivity contribution in [1.29, 1.82) is 0 Å². The van der Waals surface area contributed by atoms with E-state index in [0.29, 0.717) is 15.9 Å². The Morgan fingerprint density at radius 3 is 2.80 bits per heavy atom. The van der Waals surface area contributed by atoms with Gasteiger partial charge in [0.25, 0.3) is 0 Å². The van der Waals surface area contributed by atoms with Crippen LogP contribution in [0.5, 0.6) is 0 Å². The van der Waals surface area contributed by atoms with Crippen molar-refractivity contribution in [2.24, 2.45) is 0 Å². The number of rotatable bonds is 4. The van der Waals surface area contributed by atoms with Crippen LogP contribution in [0.15, 0.2) is 36.7 Å². The molecule has 0 spiro atoms. The van der Waals surface area contributed by atoms with Crippen LogP contribution in [0.25, 0.3) is 0 Å². The second kappa shape index (κ2) is 5.79. The average molecular weight is 243 g/mol. The molecule has 0 saturated carbocycles. The van der Waals surface area contributed by atoms with Crippen molar-refractivity contribution < 1.29 is 0 Å². The van der Waals surface area contributed by atoms with Gasteiger partial charge in [-0.2, -0.15) is 0 Å². The van der Waals surface area contributed by atoms with Gasteiger partial charge in [0, 0.05) is 18.0 Å². The van der Waals surface area contributed by atoms with Crippen molar-refractivity contribution in [2.75, 3.05) is 5.32 Å². The van der Waals surface area contributed by atoms with E-state index in [1.807, 2.05) is 13.0 Å². The van der Waals surface area contributed by atoms with Crippen molar-refractivity contribution in [2.45, 2.75) is 13.3 Å². The first-order valence-corrected chi connectivity index (χ1v) is 5.33. The van der Waals surface area contributed by atoms with Gasteiger partial charge in [0.15, 0.2) is 0 Å². The second-order valence-corrected chi connectivity index (χ2v) is 3.69. The van der Waals surface area contributed by atoms with Gasteiger partial charge >= 0.3 is 0 Å². The lowest BCUT2D eigenvalue weighted by atomic mass is 10.3. The molecule has 4 heteroatoms. The molecule has 15 heavy (non-hydrogen) atoms. The normalized spacial score (nSPS) is 11.3. The van der Waals surface area contributed by atoms with Crippen molar-refractivity contribution in [3.05, 3.63) is 46.7 Å². The predicted molar refractivity (Wildman–Crippen MR) is 66.5 cm³/mol. The summed E-state index contributed by atoms with van der Waals surface area (Å²) in [5.74, 6) is 0.656. The number of anilines is 1. The van der Waals surface area contributed by atoms with Crippen molar-refractivity contribution in [3.63, 3.8) is 0 Å². The van der Waals surface area contributed by atoms with E-state index in [1.54, 1.807) is 12.1 Å². The third-order valence-corrected chi connectivity index (χ3v) is 2.44. The third-order valence-electron chi connectivity index (χ3n) is 1.72. The highest BCUT2D eigenvalue weighted by Crippen LogP contribution is 2.23. The summed E-state index contributed by atoms with van der Waals surface area (Å²) in [6, 6.07) is 1.68. The predicted octanol–water partition coefficient (Wildman–Crippen LogP) is 4.28. The monoisotopic (exact) mass is 242 g/mol. The van der Waals surface area contributed by atoms with Gasteiger partial charge in [-0.1, -0.05) is 42.8 Å². The number of halogens is 2. The lowest BCUT2D eigenvalue weighted by Gasteiger charge is -2.06. The van der Waals surface area contributed by atoms with Gasteiger partial charge in [0.1, 0.15) is 5.82 Å². The van der Waals surface area contributed by atoms with Gasteiger partial charge in [-0.05, 0) is 12.5 Å². The highest BCUT2D eigenvalue weighted by molar-refractivity contribution is 6.42. The first-order valence-electron chi connectivity index (χ1n) is 4.58. The molecule has 1 rings (SSSR count). The number of pyridine rings is 1. The van der Waals surface area contributed by atoms with E-state index in [9.17, 15) is 0 Å². The molecule has 1 N–H and O–H groups in total. The van der Waals surface area contributed by atoms with Gasteiger partial charge < -0.3 is 5.32 Å². The minimum atomic E-state index is 0.446.